The topological polar surface area (TPSA) is 26.3 Å². The van der Waals surface area contributed by atoms with Gasteiger partial charge < -0.3 is 4.74 Å². The van der Waals surface area contributed by atoms with Gasteiger partial charge in [0, 0.05) is 10.6 Å². The Labute approximate surface area is 68.7 Å². The van der Waals surface area contributed by atoms with E-state index in [4.69, 9.17) is 16.3 Å². The molecule has 1 heterocycles. The van der Waals surface area contributed by atoms with E-state index in [1.165, 1.54) is 0 Å². The van der Waals surface area contributed by atoms with Crippen molar-refractivity contribution in [3.63, 3.8) is 0 Å². The molecule has 0 fully saturated rings. The maximum Gasteiger partial charge on any atom is 0.315 e. The molecule has 0 aromatic heterocycles. The van der Waals surface area contributed by atoms with Gasteiger partial charge in [-0.05, 0) is 12.1 Å². The van der Waals surface area contributed by atoms with Gasteiger partial charge in [0.15, 0.2) is 0 Å². The molecule has 1 aliphatic heterocycles. The number of carbonyl (C=O) groups excluding carboxylic acids is 1. The molecule has 0 aliphatic carbocycles. The largest absolute Gasteiger partial charge is 0.426 e. The zero-order chi connectivity index (χ0) is 7.84. The molecule has 1 aromatic carbocycles. The van der Waals surface area contributed by atoms with E-state index >= 15 is 0 Å². The maximum atomic E-state index is 10.8. The zero-order valence-electron chi connectivity index (χ0n) is 5.63. The lowest BCUT2D eigenvalue weighted by molar-refractivity contribution is -0.131. The maximum absolute atomic E-state index is 10.8. The van der Waals surface area contributed by atoms with Crippen molar-refractivity contribution >= 4 is 17.6 Å². The first kappa shape index (κ1) is 6.68. The predicted molar refractivity (Wildman–Crippen MR) is 40.8 cm³/mol. The Morgan fingerprint density at radius 2 is 2.27 bits per heavy atom. The SMILES string of the molecule is O=C1Cc2c(Cl)cccc2O1. The molecule has 2 rings (SSSR count). The van der Waals surface area contributed by atoms with Crippen molar-refractivity contribution in [2.75, 3.05) is 0 Å². The molecule has 0 saturated heterocycles. The molecule has 2 nitrogen and oxygen atoms in total. The molecule has 56 valence electrons. The minimum Gasteiger partial charge on any atom is -0.426 e. The van der Waals surface area contributed by atoms with Gasteiger partial charge in [-0.3, -0.25) is 4.79 Å². The smallest absolute Gasteiger partial charge is 0.315 e. The van der Waals surface area contributed by atoms with Gasteiger partial charge in [-0.25, -0.2) is 0 Å². The van der Waals surface area contributed by atoms with Crippen LogP contribution in [0.25, 0.3) is 0 Å². The first-order valence-electron chi connectivity index (χ1n) is 3.25. The van der Waals surface area contributed by atoms with Gasteiger partial charge in [0.25, 0.3) is 0 Å². The monoisotopic (exact) mass is 168 g/mol. The van der Waals surface area contributed by atoms with E-state index in [1.54, 1.807) is 18.2 Å². The van der Waals surface area contributed by atoms with Crippen LogP contribution < -0.4 is 4.74 Å². The summed E-state index contributed by atoms with van der Waals surface area (Å²) in [7, 11) is 0. The van der Waals surface area contributed by atoms with Gasteiger partial charge in [-0.2, -0.15) is 0 Å². The van der Waals surface area contributed by atoms with E-state index < -0.39 is 0 Å². The molecule has 0 saturated carbocycles. The van der Waals surface area contributed by atoms with Gasteiger partial charge in [0.1, 0.15) is 5.75 Å². The first-order valence-corrected chi connectivity index (χ1v) is 3.63. The first-order chi connectivity index (χ1) is 5.27. The average Bonchev–Trinajstić information content (AvgIpc) is 2.31. The summed E-state index contributed by atoms with van der Waals surface area (Å²) in [5, 5.41) is 0.605. The number of hydrogen-bond acceptors (Lipinski definition) is 2. The molecule has 0 N–H and O–H groups in total. The van der Waals surface area contributed by atoms with Crippen LogP contribution in [-0.4, -0.2) is 5.97 Å². The molecule has 0 bridgehead atoms. The van der Waals surface area contributed by atoms with Crippen LogP contribution >= 0.6 is 11.6 Å². The highest BCUT2D eigenvalue weighted by molar-refractivity contribution is 6.31. The number of rotatable bonds is 0. The van der Waals surface area contributed by atoms with Crippen molar-refractivity contribution < 1.29 is 9.53 Å². The second-order valence-electron chi connectivity index (χ2n) is 2.37. The van der Waals surface area contributed by atoms with Crippen LogP contribution in [0.15, 0.2) is 18.2 Å². The number of carbonyl (C=O) groups is 1. The summed E-state index contributed by atoms with van der Waals surface area (Å²) < 4.78 is 4.86. The Bertz CT molecular complexity index is 320. The molecule has 0 spiro atoms. The molecule has 0 amide bonds. The van der Waals surface area contributed by atoms with Gasteiger partial charge in [0.05, 0.1) is 6.42 Å². The highest BCUT2D eigenvalue weighted by Gasteiger charge is 2.21. The molecule has 0 atom stereocenters. The minimum absolute atomic E-state index is 0.229. The number of benzene rings is 1. The van der Waals surface area contributed by atoms with Crippen molar-refractivity contribution in [3.8, 4) is 5.75 Å². The Kier molecular flexibility index (Phi) is 1.36. The number of esters is 1. The van der Waals surface area contributed by atoms with Gasteiger partial charge in [-0.1, -0.05) is 17.7 Å². The fraction of sp³-hybridized carbons (Fsp3) is 0.125. The van der Waals surface area contributed by atoms with E-state index in [1.807, 2.05) is 0 Å². The van der Waals surface area contributed by atoms with Crippen LogP contribution in [0.4, 0.5) is 0 Å². The molecule has 0 unspecified atom stereocenters. The summed E-state index contributed by atoms with van der Waals surface area (Å²) >= 11 is 5.80. The Balaban J connectivity index is 2.57. The Morgan fingerprint density at radius 3 is 3.00 bits per heavy atom. The van der Waals surface area contributed by atoms with Crippen LogP contribution in [0.3, 0.4) is 0 Å². The molecule has 3 heteroatoms. The van der Waals surface area contributed by atoms with E-state index in [0.717, 1.165) is 5.56 Å². The number of fused-ring (bicyclic) bond motifs is 1. The number of halogens is 1. The fourth-order valence-corrected chi connectivity index (χ4v) is 1.34. The quantitative estimate of drug-likeness (QED) is 0.436. The fourth-order valence-electron chi connectivity index (χ4n) is 1.11. The van der Waals surface area contributed by atoms with Crippen LogP contribution in [0, 0.1) is 0 Å². The van der Waals surface area contributed by atoms with Gasteiger partial charge in [0.2, 0.25) is 0 Å². The van der Waals surface area contributed by atoms with E-state index in [-0.39, 0.29) is 5.97 Å². The summed E-state index contributed by atoms with van der Waals surface area (Å²) in [5.41, 5.74) is 0.805. The summed E-state index contributed by atoms with van der Waals surface area (Å²) in [6.45, 7) is 0. The predicted octanol–water partition coefficient (Wildman–Crippen LogP) is 1.80. The average molecular weight is 169 g/mol. The van der Waals surface area contributed by atoms with Crippen LogP contribution in [-0.2, 0) is 11.2 Å². The number of ether oxygens (including phenoxy) is 1. The second kappa shape index (κ2) is 2.24. The van der Waals surface area contributed by atoms with Crippen molar-refractivity contribution in [1.29, 1.82) is 0 Å². The normalized spacial score (nSPS) is 14.5. The van der Waals surface area contributed by atoms with E-state index in [0.29, 0.717) is 17.2 Å². The third kappa shape index (κ3) is 0.994. The minimum atomic E-state index is -0.229. The van der Waals surface area contributed by atoms with Crippen molar-refractivity contribution in [3.05, 3.63) is 28.8 Å². The number of hydrogen-bond donors (Lipinski definition) is 0. The van der Waals surface area contributed by atoms with Crippen LogP contribution in [0.1, 0.15) is 5.56 Å². The second-order valence-corrected chi connectivity index (χ2v) is 2.77. The molecule has 1 aromatic rings. The van der Waals surface area contributed by atoms with Crippen LogP contribution in [0.2, 0.25) is 5.02 Å². The van der Waals surface area contributed by atoms with Crippen molar-refractivity contribution in [1.82, 2.24) is 0 Å². The van der Waals surface area contributed by atoms with Crippen molar-refractivity contribution in [2.45, 2.75) is 6.42 Å². The third-order valence-corrected chi connectivity index (χ3v) is 1.97. The Hall–Kier alpha value is -1.02. The zero-order valence-corrected chi connectivity index (χ0v) is 6.39. The highest BCUT2D eigenvalue weighted by atomic mass is 35.5. The molecule has 1 aliphatic rings. The molecule has 11 heavy (non-hydrogen) atoms. The Morgan fingerprint density at radius 1 is 1.45 bits per heavy atom. The standard InChI is InChI=1S/C8H5ClO2/c9-6-2-1-3-7-5(6)4-8(10)11-7/h1-3H,4H2. The summed E-state index contributed by atoms with van der Waals surface area (Å²) in [5.74, 6) is 0.371. The summed E-state index contributed by atoms with van der Waals surface area (Å²) in [6, 6.07) is 5.26. The molecule has 0 radical (unpaired) electrons. The van der Waals surface area contributed by atoms with Gasteiger partial charge in [-0.15, -0.1) is 0 Å². The van der Waals surface area contributed by atoms with Crippen LogP contribution in [0.5, 0.6) is 5.75 Å². The third-order valence-electron chi connectivity index (χ3n) is 1.62. The molecular weight excluding hydrogens is 164 g/mol. The summed E-state index contributed by atoms with van der Waals surface area (Å²) in [6.07, 6.45) is 0.301. The van der Waals surface area contributed by atoms with E-state index in [2.05, 4.69) is 0 Å². The van der Waals surface area contributed by atoms with Crippen molar-refractivity contribution in [2.24, 2.45) is 0 Å². The van der Waals surface area contributed by atoms with E-state index in [9.17, 15) is 4.79 Å². The lowest BCUT2D eigenvalue weighted by Gasteiger charge is -1.96. The lowest BCUT2D eigenvalue weighted by Crippen LogP contribution is -2.00. The summed E-state index contributed by atoms with van der Waals surface area (Å²) in [4.78, 5) is 10.8. The lowest BCUT2D eigenvalue weighted by atomic mass is 10.2. The van der Waals surface area contributed by atoms with Gasteiger partial charge >= 0.3 is 5.97 Å². The highest BCUT2D eigenvalue weighted by Crippen LogP contribution is 2.31. The molecular formula is C8H5ClO2.